The Kier molecular flexibility index (Phi) is 5.28. The molecule has 0 aliphatic heterocycles. The molecule has 0 spiro atoms. The summed E-state index contributed by atoms with van der Waals surface area (Å²) in [5, 5.41) is 8.70. The van der Waals surface area contributed by atoms with E-state index in [4.69, 9.17) is 5.11 Å². The number of carboxylic acid groups (broad SMARTS) is 1. The van der Waals surface area contributed by atoms with Gasteiger partial charge in [-0.3, -0.25) is 9.59 Å². The summed E-state index contributed by atoms with van der Waals surface area (Å²) in [6.07, 6.45) is -4.49. The molecule has 0 bridgehead atoms. The van der Waals surface area contributed by atoms with Crippen LogP contribution in [0.3, 0.4) is 0 Å². The average molecular weight is 307 g/mol. The van der Waals surface area contributed by atoms with Gasteiger partial charge in [-0.25, -0.2) is 4.39 Å². The van der Waals surface area contributed by atoms with E-state index in [1.807, 2.05) is 0 Å². The van der Waals surface area contributed by atoms with Gasteiger partial charge >= 0.3 is 12.1 Å². The van der Waals surface area contributed by atoms with Crippen molar-refractivity contribution < 1.29 is 32.3 Å². The summed E-state index contributed by atoms with van der Waals surface area (Å²) in [6, 6.07) is 1.83. The van der Waals surface area contributed by atoms with Gasteiger partial charge in [0, 0.05) is 12.1 Å². The molecule has 8 heteroatoms. The maximum Gasteiger partial charge on any atom is 0.419 e. The molecule has 0 saturated heterocycles. The first-order chi connectivity index (χ1) is 9.66. The Labute approximate surface area is 118 Å². The second kappa shape index (κ2) is 6.55. The lowest BCUT2D eigenvalue weighted by Gasteiger charge is -2.20. The second-order valence-electron chi connectivity index (χ2n) is 4.31. The summed E-state index contributed by atoms with van der Waals surface area (Å²) in [5.74, 6) is -3.65. The summed E-state index contributed by atoms with van der Waals surface area (Å²) in [4.78, 5) is 23.6. The van der Waals surface area contributed by atoms with Crippen LogP contribution in [0, 0.1) is 5.82 Å². The predicted octanol–water partition coefficient (Wildman–Crippen LogP) is 2.78. The van der Waals surface area contributed by atoms with Crippen LogP contribution in [-0.2, 0) is 11.0 Å². The third-order valence-electron chi connectivity index (χ3n) is 2.63. The molecule has 0 unspecified atom stereocenters. The molecule has 0 aliphatic carbocycles. The van der Waals surface area contributed by atoms with Crippen LogP contribution in [-0.4, -0.2) is 35.0 Å². The molecule has 0 aromatic heterocycles. The van der Waals surface area contributed by atoms with Crippen LogP contribution in [0.2, 0.25) is 0 Å². The van der Waals surface area contributed by atoms with Crippen molar-refractivity contribution >= 4 is 11.9 Å². The second-order valence-corrected chi connectivity index (χ2v) is 4.31. The topological polar surface area (TPSA) is 57.6 Å². The highest BCUT2D eigenvalue weighted by atomic mass is 19.4. The number of hydrogen-bond acceptors (Lipinski definition) is 2. The normalized spacial score (nSPS) is 11.3. The largest absolute Gasteiger partial charge is 0.480 e. The SMILES string of the molecule is CCCN(CC(=O)O)C(=O)c1ccc(F)c(C(F)(F)F)c1. The first kappa shape index (κ1) is 16.9. The Morgan fingerprint density at radius 2 is 1.90 bits per heavy atom. The highest BCUT2D eigenvalue weighted by Crippen LogP contribution is 2.32. The van der Waals surface area contributed by atoms with Gasteiger partial charge < -0.3 is 10.0 Å². The molecule has 1 amide bonds. The van der Waals surface area contributed by atoms with E-state index in [-0.39, 0.29) is 6.54 Å². The van der Waals surface area contributed by atoms with Crippen molar-refractivity contribution in [3.63, 3.8) is 0 Å². The Hall–Kier alpha value is -2.12. The maximum absolute atomic E-state index is 13.1. The Balaban J connectivity index is 3.13. The fraction of sp³-hybridized carbons (Fsp3) is 0.385. The molecule has 21 heavy (non-hydrogen) atoms. The van der Waals surface area contributed by atoms with E-state index in [1.165, 1.54) is 0 Å². The molecule has 1 rings (SSSR count). The van der Waals surface area contributed by atoms with Crippen molar-refractivity contribution in [2.75, 3.05) is 13.1 Å². The van der Waals surface area contributed by atoms with Gasteiger partial charge in [0.05, 0.1) is 5.56 Å². The Bertz CT molecular complexity index is 543. The van der Waals surface area contributed by atoms with E-state index >= 15 is 0 Å². The van der Waals surface area contributed by atoms with Gasteiger partial charge in [0.15, 0.2) is 0 Å². The van der Waals surface area contributed by atoms with Gasteiger partial charge in [-0.2, -0.15) is 13.2 Å². The molecule has 0 saturated carbocycles. The molecule has 116 valence electrons. The van der Waals surface area contributed by atoms with Gasteiger partial charge in [0.25, 0.3) is 5.91 Å². The minimum atomic E-state index is -4.93. The Morgan fingerprint density at radius 3 is 2.38 bits per heavy atom. The Morgan fingerprint density at radius 1 is 1.29 bits per heavy atom. The molecule has 1 N–H and O–H groups in total. The molecular formula is C13H13F4NO3. The fourth-order valence-electron chi connectivity index (χ4n) is 1.74. The standard InChI is InChI=1S/C13H13F4NO3/c1-2-5-18(7-11(19)20)12(21)8-3-4-10(14)9(6-8)13(15,16)17/h3-4,6H,2,5,7H2,1H3,(H,19,20). The van der Waals surface area contributed by atoms with E-state index in [0.29, 0.717) is 18.6 Å². The molecule has 0 aliphatic rings. The van der Waals surface area contributed by atoms with Crippen molar-refractivity contribution in [2.45, 2.75) is 19.5 Å². The summed E-state index contributed by atoms with van der Waals surface area (Å²) in [6.45, 7) is 1.13. The van der Waals surface area contributed by atoms with E-state index in [2.05, 4.69) is 0 Å². The van der Waals surface area contributed by atoms with E-state index in [1.54, 1.807) is 6.92 Å². The molecular weight excluding hydrogens is 294 g/mol. The van der Waals surface area contributed by atoms with Gasteiger partial charge in [-0.1, -0.05) is 6.92 Å². The van der Waals surface area contributed by atoms with Crippen LogP contribution < -0.4 is 0 Å². The van der Waals surface area contributed by atoms with E-state index in [9.17, 15) is 27.2 Å². The number of benzene rings is 1. The third kappa shape index (κ3) is 4.44. The first-order valence-electron chi connectivity index (χ1n) is 6.04. The minimum Gasteiger partial charge on any atom is -0.480 e. The van der Waals surface area contributed by atoms with E-state index in [0.717, 1.165) is 11.0 Å². The first-order valence-corrected chi connectivity index (χ1v) is 6.04. The van der Waals surface area contributed by atoms with Crippen molar-refractivity contribution in [3.05, 3.63) is 35.1 Å². The number of rotatable bonds is 5. The van der Waals surface area contributed by atoms with Gasteiger partial charge in [-0.15, -0.1) is 0 Å². The quantitative estimate of drug-likeness (QED) is 0.851. The van der Waals surface area contributed by atoms with Crippen LogP contribution in [0.1, 0.15) is 29.3 Å². The molecule has 1 aromatic carbocycles. The smallest absolute Gasteiger partial charge is 0.419 e. The molecule has 0 atom stereocenters. The number of hydrogen-bond donors (Lipinski definition) is 1. The zero-order valence-corrected chi connectivity index (χ0v) is 11.1. The monoisotopic (exact) mass is 307 g/mol. The van der Waals surface area contributed by atoms with Gasteiger partial charge in [0.2, 0.25) is 0 Å². The summed E-state index contributed by atoms with van der Waals surface area (Å²) >= 11 is 0. The van der Waals surface area contributed by atoms with Crippen molar-refractivity contribution in [3.8, 4) is 0 Å². The summed E-state index contributed by atoms with van der Waals surface area (Å²) in [7, 11) is 0. The van der Waals surface area contributed by atoms with Crippen LogP contribution >= 0.6 is 0 Å². The number of halogens is 4. The fourth-order valence-corrected chi connectivity index (χ4v) is 1.74. The van der Waals surface area contributed by atoms with Crippen LogP contribution in [0.4, 0.5) is 17.6 Å². The number of carbonyl (C=O) groups excluding carboxylic acids is 1. The van der Waals surface area contributed by atoms with Crippen molar-refractivity contribution in [1.29, 1.82) is 0 Å². The van der Waals surface area contributed by atoms with E-state index < -0.39 is 41.5 Å². The van der Waals surface area contributed by atoms with Crippen LogP contribution in [0.15, 0.2) is 18.2 Å². The average Bonchev–Trinajstić information content (AvgIpc) is 2.36. The van der Waals surface area contributed by atoms with Crippen LogP contribution in [0.25, 0.3) is 0 Å². The predicted molar refractivity (Wildman–Crippen MR) is 65.2 cm³/mol. The number of aliphatic carboxylic acids is 1. The molecule has 0 fully saturated rings. The highest BCUT2D eigenvalue weighted by molar-refractivity contribution is 5.96. The van der Waals surface area contributed by atoms with Crippen molar-refractivity contribution in [1.82, 2.24) is 4.90 Å². The number of nitrogens with zero attached hydrogens (tertiary/aromatic N) is 1. The number of carbonyl (C=O) groups is 2. The number of alkyl halides is 3. The molecule has 4 nitrogen and oxygen atoms in total. The molecule has 1 aromatic rings. The van der Waals surface area contributed by atoms with Crippen molar-refractivity contribution in [2.24, 2.45) is 0 Å². The zero-order chi connectivity index (χ0) is 16.2. The molecule has 0 heterocycles. The summed E-state index contributed by atoms with van der Waals surface area (Å²) in [5.41, 5.74) is -1.96. The third-order valence-corrected chi connectivity index (χ3v) is 2.63. The lowest BCUT2D eigenvalue weighted by Crippen LogP contribution is -2.36. The number of carboxylic acids is 1. The lowest BCUT2D eigenvalue weighted by atomic mass is 10.1. The van der Waals surface area contributed by atoms with Crippen LogP contribution in [0.5, 0.6) is 0 Å². The molecule has 0 radical (unpaired) electrons. The number of amides is 1. The lowest BCUT2D eigenvalue weighted by molar-refractivity contribution is -0.140. The van der Waals surface area contributed by atoms with Gasteiger partial charge in [0.1, 0.15) is 12.4 Å². The highest BCUT2D eigenvalue weighted by Gasteiger charge is 2.35. The minimum absolute atomic E-state index is 0.0733. The maximum atomic E-state index is 13.1. The zero-order valence-electron chi connectivity index (χ0n) is 11.1. The summed E-state index contributed by atoms with van der Waals surface area (Å²) < 4.78 is 50.9. The van der Waals surface area contributed by atoms with Gasteiger partial charge in [-0.05, 0) is 24.6 Å².